The lowest BCUT2D eigenvalue weighted by atomic mass is 10.4. The summed E-state index contributed by atoms with van der Waals surface area (Å²) in [5.74, 6) is 1.42. The largest absolute Gasteiger partial charge is 0.346 e. The van der Waals surface area contributed by atoms with Gasteiger partial charge in [0, 0.05) is 37.1 Å². The van der Waals surface area contributed by atoms with Crippen molar-refractivity contribution in [3.8, 4) is 11.6 Å². The predicted octanol–water partition coefficient (Wildman–Crippen LogP) is 2.24. The third kappa shape index (κ3) is 2.88. The van der Waals surface area contributed by atoms with Gasteiger partial charge in [-0.05, 0) is 31.0 Å². The number of carbonyl (C=O) groups is 1. The minimum Gasteiger partial charge on any atom is -0.323 e. The van der Waals surface area contributed by atoms with Crippen LogP contribution in [-0.4, -0.2) is 43.4 Å². The number of pyridine rings is 1. The molecule has 1 aliphatic rings. The zero-order valence-corrected chi connectivity index (χ0v) is 13.8. The quantitative estimate of drug-likeness (QED) is 0.718. The molecular weight excluding hydrogens is 324 g/mol. The first-order valence-electron chi connectivity index (χ1n) is 7.78. The van der Waals surface area contributed by atoms with Gasteiger partial charge >= 0.3 is 6.03 Å². The second kappa shape index (κ2) is 6.40. The van der Waals surface area contributed by atoms with Gasteiger partial charge in [-0.1, -0.05) is 6.07 Å². The lowest BCUT2D eigenvalue weighted by Gasteiger charge is -2.10. The predicted molar refractivity (Wildman–Crippen MR) is 90.3 cm³/mol. The summed E-state index contributed by atoms with van der Waals surface area (Å²) in [5.41, 5.74) is 0. The van der Waals surface area contributed by atoms with Crippen molar-refractivity contribution in [1.29, 1.82) is 0 Å². The molecule has 0 spiro atoms. The van der Waals surface area contributed by atoms with E-state index >= 15 is 0 Å². The van der Waals surface area contributed by atoms with Crippen LogP contribution in [0.2, 0.25) is 0 Å². The number of aromatic nitrogens is 4. The van der Waals surface area contributed by atoms with Crippen LogP contribution in [0.25, 0.3) is 11.6 Å². The average molecular weight is 340 g/mol. The molecule has 0 aliphatic carbocycles. The highest BCUT2D eigenvalue weighted by Crippen LogP contribution is 2.10. The van der Waals surface area contributed by atoms with E-state index in [4.69, 9.17) is 0 Å². The summed E-state index contributed by atoms with van der Waals surface area (Å²) in [5, 5.41) is 6.10. The number of nitrogens with zero attached hydrogens (tertiary/aromatic N) is 6. The summed E-state index contributed by atoms with van der Waals surface area (Å²) in [4.78, 5) is 23.6. The van der Waals surface area contributed by atoms with Crippen LogP contribution in [0.3, 0.4) is 0 Å². The Morgan fingerprint density at radius 3 is 2.75 bits per heavy atom. The van der Waals surface area contributed by atoms with Crippen molar-refractivity contribution in [2.45, 2.75) is 12.8 Å². The highest BCUT2D eigenvalue weighted by atomic mass is 32.1. The van der Waals surface area contributed by atoms with Crippen LogP contribution in [0.5, 0.6) is 0 Å². The summed E-state index contributed by atoms with van der Waals surface area (Å²) in [6, 6.07) is 7.36. The zero-order valence-electron chi connectivity index (χ0n) is 12.9. The Balaban J connectivity index is 1.70. The molecular formula is C16H16N6OS. The van der Waals surface area contributed by atoms with Crippen molar-refractivity contribution in [3.05, 3.63) is 53.0 Å². The molecule has 0 N–H and O–H groups in total. The molecule has 0 radical (unpaired) electrons. The molecule has 122 valence electrons. The monoisotopic (exact) mass is 340 g/mol. The number of amides is 2. The van der Waals surface area contributed by atoms with Crippen molar-refractivity contribution >= 4 is 17.4 Å². The lowest BCUT2D eigenvalue weighted by molar-refractivity contribution is 0.218. The van der Waals surface area contributed by atoms with Crippen LogP contribution in [0, 0.1) is 0 Å². The van der Waals surface area contributed by atoms with E-state index in [1.807, 2.05) is 46.6 Å². The Morgan fingerprint density at radius 2 is 1.96 bits per heavy atom. The van der Waals surface area contributed by atoms with Crippen molar-refractivity contribution in [1.82, 2.24) is 24.2 Å². The highest BCUT2D eigenvalue weighted by Gasteiger charge is 2.17. The summed E-state index contributed by atoms with van der Waals surface area (Å²) < 4.78 is 3.52. The van der Waals surface area contributed by atoms with Gasteiger partial charge in [-0.3, -0.25) is 4.57 Å². The standard InChI is InChI=1S/C16H16N6OS/c23-15(20-8-1-2-9-20)19-16-21(11-12-24-16)13-5-3-6-14(18-13)22-10-4-7-17-22/h3-7,10-12H,1-2,8-9H2. The van der Waals surface area contributed by atoms with E-state index in [1.165, 1.54) is 11.3 Å². The molecule has 0 bridgehead atoms. The fourth-order valence-electron chi connectivity index (χ4n) is 2.67. The molecule has 1 aliphatic heterocycles. The molecule has 0 aromatic carbocycles. The van der Waals surface area contributed by atoms with E-state index in [-0.39, 0.29) is 6.03 Å². The molecule has 7 nitrogen and oxygen atoms in total. The second-order valence-corrected chi connectivity index (χ2v) is 6.32. The Bertz CT molecular complexity index is 905. The van der Waals surface area contributed by atoms with Crippen LogP contribution >= 0.6 is 11.3 Å². The number of hydrogen-bond donors (Lipinski definition) is 0. The van der Waals surface area contributed by atoms with Gasteiger partial charge in [-0.2, -0.15) is 10.1 Å². The number of hydrogen-bond acceptors (Lipinski definition) is 4. The van der Waals surface area contributed by atoms with E-state index < -0.39 is 0 Å². The molecule has 4 rings (SSSR count). The topological polar surface area (TPSA) is 68.3 Å². The molecule has 3 aromatic heterocycles. The van der Waals surface area contributed by atoms with Gasteiger partial charge < -0.3 is 4.90 Å². The van der Waals surface area contributed by atoms with Crippen LogP contribution in [0.15, 0.2) is 53.2 Å². The van der Waals surface area contributed by atoms with Gasteiger partial charge in [-0.25, -0.2) is 14.5 Å². The zero-order chi connectivity index (χ0) is 16.4. The van der Waals surface area contributed by atoms with Gasteiger partial charge in [0.25, 0.3) is 0 Å². The SMILES string of the molecule is O=C(N=c1sccn1-c1cccc(-n2cccn2)n1)N1CCCC1. The summed E-state index contributed by atoms with van der Waals surface area (Å²) in [6.45, 7) is 1.58. The number of likely N-dealkylation sites (tertiary alicyclic amines) is 1. The van der Waals surface area contributed by atoms with Gasteiger partial charge in [0.2, 0.25) is 0 Å². The molecule has 0 unspecified atom stereocenters. The van der Waals surface area contributed by atoms with Gasteiger partial charge in [0.05, 0.1) is 0 Å². The van der Waals surface area contributed by atoms with Crippen LogP contribution in [-0.2, 0) is 0 Å². The maximum absolute atomic E-state index is 12.3. The van der Waals surface area contributed by atoms with Crippen LogP contribution in [0.4, 0.5) is 4.79 Å². The third-order valence-electron chi connectivity index (χ3n) is 3.86. The first kappa shape index (κ1) is 14.8. The molecule has 24 heavy (non-hydrogen) atoms. The Hall–Kier alpha value is -2.74. The normalized spacial score (nSPS) is 15.2. The first-order valence-corrected chi connectivity index (χ1v) is 8.66. The van der Waals surface area contributed by atoms with Gasteiger partial charge in [-0.15, -0.1) is 11.3 Å². The average Bonchev–Trinajstić information content (AvgIpc) is 3.36. The van der Waals surface area contributed by atoms with E-state index in [0.717, 1.165) is 25.9 Å². The molecule has 8 heteroatoms. The van der Waals surface area contributed by atoms with E-state index in [2.05, 4.69) is 15.1 Å². The Labute approximate surface area is 142 Å². The van der Waals surface area contributed by atoms with E-state index in [9.17, 15) is 4.79 Å². The smallest absolute Gasteiger partial charge is 0.323 e. The van der Waals surface area contributed by atoms with Gasteiger partial charge in [0.1, 0.15) is 5.82 Å². The first-order chi connectivity index (χ1) is 11.8. The Morgan fingerprint density at radius 1 is 1.12 bits per heavy atom. The maximum atomic E-state index is 12.3. The lowest BCUT2D eigenvalue weighted by Crippen LogP contribution is -2.27. The van der Waals surface area contributed by atoms with Crippen molar-refractivity contribution < 1.29 is 4.79 Å². The van der Waals surface area contributed by atoms with E-state index in [0.29, 0.717) is 16.4 Å². The maximum Gasteiger partial charge on any atom is 0.346 e. The summed E-state index contributed by atoms with van der Waals surface area (Å²) in [7, 11) is 0. The van der Waals surface area contributed by atoms with Crippen LogP contribution < -0.4 is 4.80 Å². The molecule has 3 aromatic rings. The molecule has 4 heterocycles. The number of rotatable bonds is 2. The van der Waals surface area contributed by atoms with Crippen molar-refractivity contribution in [3.63, 3.8) is 0 Å². The van der Waals surface area contributed by atoms with Crippen molar-refractivity contribution in [2.24, 2.45) is 4.99 Å². The number of thiazole rings is 1. The highest BCUT2D eigenvalue weighted by molar-refractivity contribution is 7.07. The number of carbonyl (C=O) groups excluding carboxylic acids is 1. The molecule has 2 amide bonds. The molecule has 0 atom stereocenters. The minimum absolute atomic E-state index is 0.174. The van der Waals surface area contributed by atoms with Crippen LogP contribution in [0.1, 0.15) is 12.8 Å². The molecule has 0 saturated carbocycles. The fourth-order valence-corrected chi connectivity index (χ4v) is 3.37. The third-order valence-corrected chi connectivity index (χ3v) is 4.62. The number of urea groups is 1. The fraction of sp³-hybridized carbons (Fsp3) is 0.250. The minimum atomic E-state index is -0.174. The molecule has 1 saturated heterocycles. The Kier molecular flexibility index (Phi) is 3.96. The van der Waals surface area contributed by atoms with Gasteiger partial charge in [0.15, 0.2) is 10.6 Å². The van der Waals surface area contributed by atoms with E-state index in [1.54, 1.807) is 15.8 Å². The summed E-state index contributed by atoms with van der Waals surface area (Å²) in [6.07, 6.45) is 7.53. The summed E-state index contributed by atoms with van der Waals surface area (Å²) >= 11 is 1.42. The second-order valence-electron chi connectivity index (χ2n) is 5.45. The van der Waals surface area contributed by atoms with Crippen molar-refractivity contribution in [2.75, 3.05) is 13.1 Å². The molecule has 1 fully saturated rings.